The van der Waals surface area contributed by atoms with Gasteiger partial charge in [0.15, 0.2) is 0 Å². The molecule has 0 aliphatic rings. The maximum absolute atomic E-state index is 12.9. The number of nitrogens with zero attached hydrogens (tertiary/aromatic N) is 12. The molecule has 0 atom stereocenters. The van der Waals surface area contributed by atoms with E-state index in [-0.39, 0.29) is 76.5 Å². The highest BCUT2D eigenvalue weighted by Crippen LogP contribution is 2.29. The van der Waals surface area contributed by atoms with E-state index in [0.717, 1.165) is 77.0 Å². The van der Waals surface area contributed by atoms with E-state index in [2.05, 4.69) is 68.9 Å². The molecule has 0 saturated heterocycles. The van der Waals surface area contributed by atoms with Gasteiger partial charge in [0.1, 0.15) is 49.2 Å². The fraction of sp³-hybridized carbons (Fsp3) is 0.815. The lowest BCUT2D eigenvalue weighted by Crippen LogP contribution is -2.41. The fourth-order valence-corrected chi connectivity index (χ4v) is 10.8. The molecule has 0 aliphatic carbocycles. The van der Waals surface area contributed by atoms with Gasteiger partial charge < -0.3 is 18.9 Å². The molecule has 0 N–H and O–H groups in total. The highest BCUT2D eigenvalue weighted by atomic mass is 16.5. The second kappa shape index (κ2) is 46.6. The van der Waals surface area contributed by atoms with Crippen molar-refractivity contribution in [1.82, 2.24) is 60.0 Å². The van der Waals surface area contributed by atoms with E-state index in [9.17, 15) is 19.2 Å². The number of rotatable bonds is 56. The largest absolute Gasteiger partial charge is 0.459 e. The first-order valence-electron chi connectivity index (χ1n) is 33.8. The van der Waals surface area contributed by atoms with E-state index in [4.69, 9.17) is 18.9 Å². The Bertz CT molecular complexity index is 2010. The lowest BCUT2D eigenvalue weighted by Gasteiger charge is -2.33. The molecule has 0 unspecified atom stereocenters. The van der Waals surface area contributed by atoms with Crippen molar-refractivity contribution in [2.24, 2.45) is 5.41 Å². The summed E-state index contributed by atoms with van der Waals surface area (Å²) in [4.78, 5) is 51.5. The zero-order valence-electron chi connectivity index (χ0n) is 53.4. The Kier molecular flexibility index (Phi) is 39.5. The summed E-state index contributed by atoms with van der Waals surface area (Å²) in [6.45, 7) is 9.71. The Balaban J connectivity index is 1.48. The second-order valence-corrected chi connectivity index (χ2v) is 24.1. The average molecular weight is 1190 g/mol. The van der Waals surface area contributed by atoms with E-state index in [1.165, 1.54) is 154 Å². The van der Waals surface area contributed by atoms with Crippen molar-refractivity contribution in [1.29, 1.82) is 0 Å². The first kappa shape index (κ1) is 71.9. The smallest absolute Gasteiger partial charge is 0.306 e. The van der Waals surface area contributed by atoms with Crippen LogP contribution in [0.15, 0.2) is 24.8 Å². The minimum Gasteiger partial charge on any atom is -0.459 e. The molecule has 0 fully saturated rings. The third-order valence-corrected chi connectivity index (χ3v) is 15.8. The van der Waals surface area contributed by atoms with Crippen molar-refractivity contribution in [3.05, 3.63) is 47.6 Å². The van der Waals surface area contributed by atoms with Crippen LogP contribution in [-0.2, 0) is 90.7 Å². The van der Waals surface area contributed by atoms with Crippen molar-refractivity contribution in [3.8, 4) is 0 Å². The van der Waals surface area contributed by atoms with E-state index in [1.807, 2.05) is 0 Å². The summed E-state index contributed by atoms with van der Waals surface area (Å²) in [5.41, 5.74) is 1.05. The van der Waals surface area contributed by atoms with E-state index >= 15 is 0 Å². The van der Waals surface area contributed by atoms with E-state index in [1.54, 1.807) is 43.5 Å². The predicted octanol–water partition coefficient (Wildman–Crippen LogP) is 15.0. The summed E-state index contributed by atoms with van der Waals surface area (Å²) < 4.78 is 29.5. The summed E-state index contributed by atoms with van der Waals surface area (Å²) >= 11 is 0. The van der Waals surface area contributed by atoms with Crippen LogP contribution in [0.2, 0.25) is 0 Å². The quantitative estimate of drug-likeness (QED) is 0.0227. The molecule has 20 heteroatoms. The van der Waals surface area contributed by atoms with Gasteiger partial charge in [-0.3, -0.25) is 37.9 Å². The Morgan fingerprint density at radius 1 is 0.294 bits per heavy atom. The SMILES string of the molecule is CCCCCCCCCCCC(=O)OCc1cn(CC(Cn2cc(COC(=O)CCCCCCCCCCC)nn2)(Cn2cc(COC(=O)CCCCCCCCCCC)nn2)Cn2cc(COC(=O)CCCCCCCCCCC)nn2)nn1. The van der Waals surface area contributed by atoms with Gasteiger partial charge in [-0.1, -0.05) is 254 Å². The normalized spacial score (nSPS) is 11.6. The summed E-state index contributed by atoms with van der Waals surface area (Å²) in [6.07, 6.45) is 50.1. The fourth-order valence-electron chi connectivity index (χ4n) is 10.8. The zero-order valence-corrected chi connectivity index (χ0v) is 53.4. The third-order valence-electron chi connectivity index (χ3n) is 15.8. The molecular weight excluding hydrogens is 1080 g/mol. The maximum atomic E-state index is 12.9. The molecule has 0 radical (unpaired) electrons. The van der Waals surface area contributed by atoms with Crippen LogP contribution in [-0.4, -0.2) is 83.9 Å². The molecule has 4 aromatic heterocycles. The van der Waals surface area contributed by atoms with Gasteiger partial charge >= 0.3 is 23.9 Å². The first-order chi connectivity index (χ1) is 41.6. The molecule has 0 saturated carbocycles. The van der Waals surface area contributed by atoms with Gasteiger partial charge in [0.05, 0.1) is 51.0 Å². The van der Waals surface area contributed by atoms with Crippen LogP contribution in [0.25, 0.3) is 0 Å². The van der Waals surface area contributed by atoms with Crippen LogP contribution in [0.4, 0.5) is 0 Å². The predicted molar refractivity (Wildman–Crippen MR) is 329 cm³/mol. The van der Waals surface area contributed by atoms with Crippen molar-refractivity contribution < 1.29 is 38.1 Å². The summed E-state index contributed by atoms with van der Waals surface area (Å²) in [6, 6.07) is 0. The lowest BCUT2D eigenvalue weighted by molar-refractivity contribution is -0.146. The van der Waals surface area contributed by atoms with Crippen molar-refractivity contribution in [3.63, 3.8) is 0 Å². The van der Waals surface area contributed by atoms with Crippen molar-refractivity contribution in [2.45, 2.75) is 337 Å². The Morgan fingerprint density at radius 3 is 0.659 bits per heavy atom. The number of aromatic nitrogens is 12. The highest BCUT2D eigenvalue weighted by molar-refractivity contribution is 5.70. The van der Waals surface area contributed by atoms with Crippen LogP contribution >= 0.6 is 0 Å². The molecule has 4 heterocycles. The van der Waals surface area contributed by atoms with Gasteiger partial charge in [0.2, 0.25) is 0 Å². The van der Waals surface area contributed by atoms with Gasteiger partial charge in [-0.05, 0) is 25.7 Å². The molecule has 0 bridgehead atoms. The van der Waals surface area contributed by atoms with Crippen LogP contribution in [0.3, 0.4) is 0 Å². The number of unbranched alkanes of at least 4 members (excludes halogenated alkanes) is 32. The zero-order chi connectivity index (χ0) is 60.7. The van der Waals surface area contributed by atoms with Crippen LogP contribution in [0.5, 0.6) is 0 Å². The Hall–Kier alpha value is -5.56. The maximum Gasteiger partial charge on any atom is 0.306 e. The monoisotopic (exact) mass is 1190 g/mol. The number of hydrogen-bond donors (Lipinski definition) is 0. The van der Waals surface area contributed by atoms with Crippen LogP contribution < -0.4 is 0 Å². The minimum atomic E-state index is -0.898. The lowest BCUT2D eigenvalue weighted by atomic mass is 9.87. The van der Waals surface area contributed by atoms with Gasteiger partial charge in [-0.2, -0.15) is 0 Å². The third kappa shape index (κ3) is 35.0. The number of carbonyl (C=O) groups excluding carboxylic acids is 4. The molecule has 0 aliphatic heterocycles. The van der Waals surface area contributed by atoms with Gasteiger partial charge in [-0.25, -0.2) is 0 Å². The molecule has 4 rings (SSSR count). The molecule has 0 aromatic carbocycles. The minimum absolute atomic E-state index is 0.0257. The molecule has 0 spiro atoms. The molecule has 0 amide bonds. The Morgan fingerprint density at radius 2 is 0.471 bits per heavy atom. The standard InChI is InChI=1S/C65H112N12O8/c1-5-9-13-17-21-25-29-33-37-41-61(78)82-49-57-45-74(70-66-57)53-65(54-75-46-58(67-71-75)50-83-62(79)42-38-34-30-26-22-18-14-10-6-2,55-76-47-59(68-72-76)51-84-63(80)43-39-35-31-27-23-19-15-11-7-3)56-77-48-60(69-73-77)52-85-64(81)44-40-36-32-28-24-20-16-12-8-4/h45-48H,5-44,49-56H2,1-4H3. The molecule has 85 heavy (non-hydrogen) atoms. The average Bonchev–Trinajstić information content (AvgIpc) is 3.40. The van der Waals surface area contributed by atoms with Crippen molar-refractivity contribution >= 4 is 23.9 Å². The number of hydrogen-bond acceptors (Lipinski definition) is 16. The molecule has 20 nitrogen and oxygen atoms in total. The highest BCUT2D eigenvalue weighted by Gasteiger charge is 2.36. The number of carbonyl (C=O) groups is 4. The Labute approximate surface area is 510 Å². The van der Waals surface area contributed by atoms with Gasteiger partial charge in [-0.15, -0.1) is 20.4 Å². The van der Waals surface area contributed by atoms with E-state index in [0.29, 0.717) is 48.5 Å². The topological polar surface area (TPSA) is 228 Å². The van der Waals surface area contributed by atoms with Gasteiger partial charge in [0, 0.05) is 31.1 Å². The summed E-state index contributed by atoms with van der Waals surface area (Å²) in [7, 11) is 0. The van der Waals surface area contributed by atoms with Crippen LogP contribution in [0.1, 0.15) is 307 Å². The van der Waals surface area contributed by atoms with Crippen molar-refractivity contribution in [2.75, 3.05) is 0 Å². The molecule has 480 valence electrons. The second-order valence-electron chi connectivity index (χ2n) is 24.1. The van der Waals surface area contributed by atoms with E-state index < -0.39 is 5.41 Å². The number of ether oxygens (including phenoxy) is 4. The first-order valence-corrected chi connectivity index (χ1v) is 33.8. The molecule has 4 aromatic rings. The summed E-state index contributed by atoms with van der Waals surface area (Å²) in [5.74, 6) is -1.07. The van der Waals surface area contributed by atoms with Crippen LogP contribution in [0, 0.1) is 5.41 Å². The number of esters is 4. The molecular formula is C65H112N12O8. The summed E-state index contributed by atoms with van der Waals surface area (Å²) in [5, 5.41) is 35.7. The van der Waals surface area contributed by atoms with Gasteiger partial charge in [0.25, 0.3) is 0 Å².